The monoisotopic (exact) mass is 512 g/mol. The molecule has 37 heavy (non-hydrogen) atoms. The zero-order valence-electron chi connectivity index (χ0n) is 23.1. The first-order valence-corrected chi connectivity index (χ1v) is 13.5. The van der Waals surface area contributed by atoms with Gasteiger partial charge >= 0.3 is 5.97 Å². The SMILES string of the molecule is CO[C@H](C)CN(CCCCc1ccc2c(n1)NCCC2)CC[C@H](Nc1cc(C(C)(C)C)ncn1)C(=O)O. The molecule has 204 valence electrons. The summed E-state index contributed by atoms with van der Waals surface area (Å²) < 4.78 is 5.50. The van der Waals surface area contributed by atoms with Crippen LogP contribution in [0.25, 0.3) is 0 Å². The summed E-state index contributed by atoms with van der Waals surface area (Å²) in [6.45, 7) is 11.5. The number of nitrogens with zero attached hydrogens (tertiary/aromatic N) is 4. The zero-order valence-corrected chi connectivity index (χ0v) is 23.1. The molecule has 0 unspecified atom stereocenters. The Morgan fingerprint density at radius 3 is 2.78 bits per heavy atom. The molecule has 0 fully saturated rings. The Morgan fingerprint density at radius 1 is 1.24 bits per heavy atom. The van der Waals surface area contributed by atoms with E-state index in [1.165, 1.54) is 18.3 Å². The molecule has 0 aliphatic carbocycles. The van der Waals surface area contributed by atoms with Gasteiger partial charge < -0.3 is 25.4 Å². The lowest BCUT2D eigenvalue weighted by Gasteiger charge is -2.27. The number of hydrogen-bond acceptors (Lipinski definition) is 8. The number of ether oxygens (including phenoxy) is 1. The number of fused-ring (bicyclic) bond motifs is 1. The van der Waals surface area contributed by atoms with Crippen LogP contribution in [0.3, 0.4) is 0 Å². The van der Waals surface area contributed by atoms with Crippen molar-refractivity contribution in [3.05, 3.63) is 41.5 Å². The number of unbranched alkanes of at least 4 members (excludes halogenated alkanes) is 1. The fourth-order valence-corrected chi connectivity index (χ4v) is 4.48. The Labute approximate surface area is 221 Å². The van der Waals surface area contributed by atoms with E-state index in [0.29, 0.717) is 18.8 Å². The van der Waals surface area contributed by atoms with Crippen molar-refractivity contribution in [2.24, 2.45) is 0 Å². The van der Waals surface area contributed by atoms with Crippen molar-refractivity contribution >= 4 is 17.6 Å². The van der Waals surface area contributed by atoms with Gasteiger partial charge in [-0.2, -0.15) is 0 Å². The Morgan fingerprint density at radius 2 is 2.05 bits per heavy atom. The minimum Gasteiger partial charge on any atom is -0.480 e. The molecule has 2 aromatic rings. The number of aryl methyl sites for hydroxylation is 2. The highest BCUT2D eigenvalue weighted by molar-refractivity contribution is 5.76. The predicted molar refractivity (Wildman–Crippen MR) is 147 cm³/mol. The summed E-state index contributed by atoms with van der Waals surface area (Å²) in [5.74, 6) is 0.698. The maximum Gasteiger partial charge on any atom is 0.326 e. The average molecular weight is 513 g/mol. The standard InChI is InChI=1S/C28H44N6O3/c1-20(37-5)18-34(15-7-6-10-22-12-11-21-9-8-14-29-26(21)32-22)16-13-23(27(35)36)33-25-17-24(28(2,3)4)30-19-31-25/h11-12,17,19-20,23H,6-10,13-16,18H2,1-5H3,(H,29,32)(H,35,36)(H,30,31,33)/t20-,23+/m1/s1. The molecule has 1 aliphatic rings. The Balaban J connectivity index is 1.53. The van der Waals surface area contributed by atoms with E-state index in [0.717, 1.165) is 62.5 Å². The van der Waals surface area contributed by atoms with Crippen molar-refractivity contribution in [2.75, 3.05) is 43.9 Å². The molecule has 2 atom stereocenters. The van der Waals surface area contributed by atoms with Crippen LogP contribution in [-0.4, -0.2) is 76.4 Å². The van der Waals surface area contributed by atoms with Crippen LogP contribution < -0.4 is 10.6 Å². The van der Waals surface area contributed by atoms with Crippen molar-refractivity contribution in [1.29, 1.82) is 0 Å². The lowest BCUT2D eigenvalue weighted by molar-refractivity contribution is -0.138. The normalized spacial score (nSPS) is 15.1. The molecule has 0 radical (unpaired) electrons. The van der Waals surface area contributed by atoms with Crippen LogP contribution in [0.4, 0.5) is 11.6 Å². The van der Waals surface area contributed by atoms with E-state index in [2.05, 4.69) is 58.4 Å². The van der Waals surface area contributed by atoms with Gasteiger partial charge in [-0.3, -0.25) is 0 Å². The van der Waals surface area contributed by atoms with Gasteiger partial charge in [-0.05, 0) is 63.6 Å². The molecule has 0 saturated heterocycles. The molecular weight excluding hydrogens is 468 g/mol. The van der Waals surface area contributed by atoms with Crippen LogP contribution in [0.15, 0.2) is 24.5 Å². The number of pyridine rings is 1. The van der Waals surface area contributed by atoms with Crippen molar-refractivity contribution in [1.82, 2.24) is 19.9 Å². The van der Waals surface area contributed by atoms with Gasteiger partial charge in [-0.15, -0.1) is 0 Å². The van der Waals surface area contributed by atoms with Gasteiger partial charge in [0.2, 0.25) is 0 Å². The van der Waals surface area contributed by atoms with E-state index in [1.807, 2.05) is 13.0 Å². The Kier molecular flexibility index (Phi) is 10.6. The molecule has 3 rings (SSSR count). The summed E-state index contributed by atoms with van der Waals surface area (Å²) in [6.07, 6.45) is 7.25. The van der Waals surface area contributed by atoms with Crippen LogP contribution >= 0.6 is 0 Å². The second kappa shape index (κ2) is 13.7. The minimum absolute atomic E-state index is 0.0702. The summed E-state index contributed by atoms with van der Waals surface area (Å²) >= 11 is 0. The number of aliphatic carboxylic acids is 1. The molecular formula is C28H44N6O3. The first-order valence-electron chi connectivity index (χ1n) is 13.5. The molecule has 0 aromatic carbocycles. The van der Waals surface area contributed by atoms with Crippen molar-refractivity contribution < 1.29 is 14.6 Å². The molecule has 3 N–H and O–H groups in total. The van der Waals surface area contributed by atoms with E-state index in [9.17, 15) is 9.90 Å². The first-order chi connectivity index (χ1) is 17.7. The highest BCUT2D eigenvalue weighted by Gasteiger charge is 2.22. The quantitative estimate of drug-likeness (QED) is 0.321. The van der Waals surface area contributed by atoms with E-state index in [-0.39, 0.29) is 11.5 Å². The van der Waals surface area contributed by atoms with Crippen LogP contribution in [0.1, 0.15) is 70.3 Å². The highest BCUT2D eigenvalue weighted by atomic mass is 16.5. The van der Waals surface area contributed by atoms with Gasteiger partial charge in [-0.1, -0.05) is 26.8 Å². The molecule has 0 amide bonds. The van der Waals surface area contributed by atoms with Crippen LogP contribution in [-0.2, 0) is 27.8 Å². The third-order valence-electron chi connectivity index (χ3n) is 6.82. The van der Waals surface area contributed by atoms with Crippen LogP contribution in [0, 0.1) is 0 Å². The smallest absolute Gasteiger partial charge is 0.326 e. The van der Waals surface area contributed by atoms with Gasteiger partial charge in [-0.25, -0.2) is 19.7 Å². The van der Waals surface area contributed by atoms with Crippen molar-refractivity contribution in [2.45, 2.75) is 83.8 Å². The molecule has 0 saturated carbocycles. The second-order valence-corrected chi connectivity index (χ2v) is 11.0. The number of methoxy groups -OCH3 is 1. The predicted octanol–water partition coefficient (Wildman–Crippen LogP) is 4.14. The Bertz CT molecular complexity index is 1010. The number of rotatable bonds is 14. The van der Waals surface area contributed by atoms with Gasteiger partial charge in [0.1, 0.15) is 24.0 Å². The average Bonchev–Trinajstić information content (AvgIpc) is 2.88. The minimum atomic E-state index is -0.886. The van der Waals surface area contributed by atoms with E-state index < -0.39 is 12.0 Å². The van der Waals surface area contributed by atoms with Crippen LogP contribution in [0.5, 0.6) is 0 Å². The fourth-order valence-electron chi connectivity index (χ4n) is 4.48. The van der Waals surface area contributed by atoms with Gasteiger partial charge in [0.15, 0.2) is 0 Å². The first kappa shape index (κ1) is 28.8. The molecule has 1 aliphatic heterocycles. The lowest BCUT2D eigenvalue weighted by atomic mass is 9.92. The van der Waals surface area contributed by atoms with Gasteiger partial charge in [0.05, 0.1) is 11.8 Å². The molecule has 2 aromatic heterocycles. The van der Waals surface area contributed by atoms with E-state index in [1.54, 1.807) is 7.11 Å². The highest BCUT2D eigenvalue weighted by Crippen LogP contribution is 2.22. The van der Waals surface area contributed by atoms with Crippen molar-refractivity contribution in [3.8, 4) is 0 Å². The fraction of sp³-hybridized carbons (Fsp3) is 0.643. The van der Waals surface area contributed by atoms with Gasteiger partial charge in [0.25, 0.3) is 0 Å². The summed E-state index contributed by atoms with van der Waals surface area (Å²) in [4.78, 5) is 27.7. The zero-order chi connectivity index (χ0) is 26.8. The van der Waals surface area contributed by atoms with Crippen LogP contribution in [0.2, 0.25) is 0 Å². The lowest BCUT2D eigenvalue weighted by Crippen LogP contribution is -2.38. The summed E-state index contributed by atoms with van der Waals surface area (Å²) in [6, 6.07) is 5.45. The maximum atomic E-state index is 12.0. The van der Waals surface area contributed by atoms with Gasteiger partial charge in [0, 0.05) is 43.9 Å². The number of aromatic nitrogens is 3. The van der Waals surface area contributed by atoms with E-state index in [4.69, 9.17) is 9.72 Å². The number of hydrogen-bond donors (Lipinski definition) is 3. The summed E-state index contributed by atoms with van der Waals surface area (Å²) in [5.41, 5.74) is 3.16. The number of carboxylic acid groups (broad SMARTS) is 1. The summed E-state index contributed by atoms with van der Waals surface area (Å²) in [7, 11) is 1.71. The summed E-state index contributed by atoms with van der Waals surface area (Å²) in [5, 5.41) is 16.4. The number of carboxylic acids is 1. The largest absolute Gasteiger partial charge is 0.480 e. The van der Waals surface area contributed by atoms with E-state index >= 15 is 0 Å². The number of nitrogens with one attached hydrogen (secondary N) is 2. The van der Waals surface area contributed by atoms with Crippen molar-refractivity contribution in [3.63, 3.8) is 0 Å². The third kappa shape index (κ3) is 9.23. The molecule has 9 nitrogen and oxygen atoms in total. The molecule has 9 heteroatoms. The third-order valence-corrected chi connectivity index (χ3v) is 6.82. The molecule has 0 spiro atoms. The Hall–Kier alpha value is -2.78. The maximum absolute atomic E-state index is 12.0. The second-order valence-electron chi connectivity index (χ2n) is 11.0. The molecule has 0 bridgehead atoms. The number of carbonyl (C=O) groups is 1. The number of anilines is 2. The topological polar surface area (TPSA) is 113 Å². The molecule has 3 heterocycles.